The molecule has 2 atom stereocenters. The third kappa shape index (κ3) is 4.78. The maximum Gasteiger partial charge on any atom is 0.243 e. The summed E-state index contributed by atoms with van der Waals surface area (Å²) in [5.74, 6) is 1.06. The lowest BCUT2D eigenvalue weighted by Crippen LogP contribution is -2.54. The van der Waals surface area contributed by atoms with Gasteiger partial charge in [-0.05, 0) is 48.5 Å². The monoisotopic (exact) mass is 475 g/mol. The maximum absolute atomic E-state index is 13.3. The van der Waals surface area contributed by atoms with Crippen LogP contribution in [0.4, 0.5) is 5.69 Å². The van der Waals surface area contributed by atoms with Crippen molar-refractivity contribution in [1.29, 1.82) is 0 Å². The van der Waals surface area contributed by atoms with Gasteiger partial charge < -0.3 is 24.4 Å². The van der Waals surface area contributed by atoms with Gasteiger partial charge >= 0.3 is 0 Å². The Morgan fingerprint density at radius 2 is 1.45 bits per heavy atom. The third-order valence-electron chi connectivity index (χ3n) is 6.21. The number of methoxy groups -OCH3 is 2. The maximum atomic E-state index is 13.3. The molecule has 0 unspecified atom stereocenters. The van der Waals surface area contributed by atoms with Crippen molar-refractivity contribution in [3.63, 3.8) is 0 Å². The summed E-state index contributed by atoms with van der Waals surface area (Å²) < 4.78 is 37.9. The number of rotatable bonds is 6. The van der Waals surface area contributed by atoms with Crippen molar-refractivity contribution in [2.45, 2.75) is 23.5 Å². The first-order valence-electron chi connectivity index (χ1n) is 10.8. The fraction of sp³-hybridized carbons (Fsp3) is 0.435. The molecule has 2 aliphatic heterocycles. The van der Waals surface area contributed by atoms with Crippen LogP contribution in [0.25, 0.3) is 0 Å². The Kier molecular flexibility index (Phi) is 6.78. The van der Waals surface area contributed by atoms with E-state index in [9.17, 15) is 18.3 Å². The number of ether oxygens (including phenoxy) is 2. The lowest BCUT2D eigenvalue weighted by molar-refractivity contribution is -0.135. The van der Waals surface area contributed by atoms with E-state index in [1.54, 1.807) is 24.1 Å². The molecule has 33 heavy (non-hydrogen) atoms. The van der Waals surface area contributed by atoms with E-state index in [4.69, 9.17) is 9.47 Å². The zero-order valence-corrected chi connectivity index (χ0v) is 19.6. The number of anilines is 1. The van der Waals surface area contributed by atoms with Crippen LogP contribution in [0.2, 0.25) is 0 Å². The highest BCUT2D eigenvalue weighted by Gasteiger charge is 2.45. The van der Waals surface area contributed by atoms with Gasteiger partial charge in [0.15, 0.2) is 0 Å². The van der Waals surface area contributed by atoms with E-state index in [1.807, 2.05) is 24.3 Å². The zero-order valence-electron chi connectivity index (χ0n) is 18.8. The number of carbonyl (C=O) groups excluding carboxylic acids is 1. The van der Waals surface area contributed by atoms with Gasteiger partial charge in [-0.15, -0.1) is 0 Å². The quantitative estimate of drug-likeness (QED) is 0.670. The van der Waals surface area contributed by atoms with Crippen LogP contribution in [0.15, 0.2) is 53.4 Å². The molecule has 0 saturated carbocycles. The van der Waals surface area contributed by atoms with Crippen molar-refractivity contribution in [2.75, 3.05) is 51.8 Å². The molecule has 2 aromatic carbocycles. The zero-order chi connectivity index (χ0) is 23.6. The van der Waals surface area contributed by atoms with Crippen LogP contribution in [-0.2, 0) is 14.8 Å². The van der Waals surface area contributed by atoms with Gasteiger partial charge in [-0.25, -0.2) is 8.42 Å². The van der Waals surface area contributed by atoms with Gasteiger partial charge in [0, 0.05) is 44.8 Å². The van der Waals surface area contributed by atoms with E-state index in [0.29, 0.717) is 31.9 Å². The molecule has 0 aliphatic carbocycles. The second-order valence-electron chi connectivity index (χ2n) is 8.17. The molecule has 0 spiro atoms. The Bertz CT molecular complexity index is 1070. The van der Waals surface area contributed by atoms with Crippen LogP contribution in [-0.4, -0.2) is 87.7 Å². The molecule has 0 aromatic heterocycles. The summed E-state index contributed by atoms with van der Waals surface area (Å²) in [5, 5.41) is 10.2. The second-order valence-corrected chi connectivity index (χ2v) is 10.1. The highest BCUT2D eigenvalue weighted by Crippen LogP contribution is 2.29. The number of aliphatic hydroxyl groups is 1. The van der Waals surface area contributed by atoms with E-state index in [2.05, 4.69) is 4.90 Å². The fourth-order valence-corrected chi connectivity index (χ4v) is 5.98. The molecule has 1 N–H and O–H groups in total. The minimum atomic E-state index is -3.94. The largest absolute Gasteiger partial charge is 0.497 e. The number of piperazine rings is 1. The Balaban J connectivity index is 1.45. The number of sulfonamides is 1. The summed E-state index contributed by atoms with van der Waals surface area (Å²) in [5.41, 5.74) is 1.04. The first-order chi connectivity index (χ1) is 15.8. The summed E-state index contributed by atoms with van der Waals surface area (Å²) in [7, 11) is -0.816. The van der Waals surface area contributed by atoms with Crippen molar-refractivity contribution in [1.82, 2.24) is 9.21 Å². The molecule has 2 fully saturated rings. The van der Waals surface area contributed by atoms with Crippen LogP contribution < -0.4 is 14.4 Å². The molecule has 2 saturated heterocycles. The van der Waals surface area contributed by atoms with E-state index in [0.717, 1.165) is 15.7 Å². The van der Waals surface area contributed by atoms with E-state index < -0.39 is 22.2 Å². The molecule has 0 bridgehead atoms. The first kappa shape index (κ1) is 23.3. The lowest BCUT2D eigenvalue weighted by atomic mass is 10.1. The Labute approximate surface area is 194 Å². The Morgan fingerprint density at radius 1 is 0.909 bits per heavy atom. The Morgan fingerprint density at radius 3 is 2.00 bits per heavy atom. The Hall–Kier alpha value is -2.82. The van der Waals surface area contributed by atoms with Crippen molar-refractivity contribution < 1.29 is 27.8 Å². The van der Waals surface area contributed by atoms with Gasteiger partial charge in [-0.3, -0.25) is 4.79 Å². The molecule has 1 amide bonds. The molecular weight excluding hydrogens is 446 g/mol. The summed E-state index contributed by atoms with van der Waals surface area (Å²) in [4.78, 5) is 17.3. The number of nitrogens with zero attached hydrogens (tertiary/aromatic N) is 3. The van der Waals surface area contributed by atoms with Crippen LogP contribution in [0.5, 0.6) is 11.5 Å². The average Bonchev–Trinajstić information content (AvgIpc) is 3.26. The number of hydrogen-bond donors (Lipinski definition) is 1. The predicted molar refractivity (Wildman–Crippen MR) is 123 cm³/mol. The molecule has 178 valence electrons. The molecule has 2 aliphatic rings. The molecule has 2 heterocycles. The SMILES string of the molecule is COc1ccc(N2CCN(C(=O)[C@@H]3C[C@@H](O)CN3S(=O)(=O)c3ccc(OC)cc3)CC2)cc1. The van der Waals surface area contributed by atoms with Crippen LogP contribution >= 0.6 is 0 Å². The molecule has 0 radical (unpaired) electrons. The molecule has 10 heteroatoms. The van der Waals surface area contributed by atoms with Crippen molar-refractivity contribution >= 4 is 21.6 Å². The third-order valence-corrected chi connectivity index (χ3v) is 8.10. The summed E-state index contributed by atoms with van der Waals surface area (Å²) >= 11 is 0. The summed E-state index contributed by atoms with van der Waals surface area (Å²) in [6.07, 6.45) is -0.792. The summed E-state index contributed by atoms with van der Waals surface area (Å²) in [6, 6.07) is 12.9. The van der Waals surface area contributed by atoms with Crippen molar-refractivity contribution in [3.8, 4) is 11.5 Å². The molecule has 9 nitrogen and oxygen atoms in total. The smallest absolute Gasteiger partial charge is 0.243 e. The molecule has 4 rings (SSSR count). The molecule has 2 aromatic rings. The highest BCUT2D eigenvalue weighted by atomic mass is 32.2. The van der Waals surface area contributed by atoms with E-state index >= 15 is 0 Å². The van der Waals surface area contributed by atoms with Crippen LogP contribution in [0.3, 0.4) is 0 Å². The number of carbonyl (C=O) groups is 1. The van der Waals surface area contributed by atoms with Crippen molar-refractivity contribution in [3.05, 3.63) is 48.5 Å². The van der Waals surface area contributed by atoms with Gasteiger partial charge in [0.1, 0.15) is 17.5 Å². The van der Waals surface area contributed by atoms with Gasteiger partial charge in [-0.1, -0.05) is 0 Å². The lowest BCUT2D eigenvalue weighted by Gasteiger charge is -2.38. The average molecular weight is 476 g/mol. The normalized spacial score (nSPS) is 21.8. The number of benzene rings is 2. The van der Waals surface area contributed by atoms with Gasteiger partial charge in [0.05, 0.1) is 25.2 Å². The number of β-amino-alcohol motifs (C(OH)–C–C–N with tert-alkyl or cyclic N) is 1. The standard InChI is InChI=1S/C23H29N3O6S/c1-31-19-5-3-17(4-6-19)24-11-13-25(14-12-24)23(28)22-15-18(27)16-26(22)33(29,30)21-9-7-20(32-2)8-10-21/h3-10,18,22,27H,11-16H2,1-2H3/t18-,22+/m1/s1. The topological polar surface area (TPSA) is 99.6 Å². The van der Waals surface area contributed by atoms with Gasteiger partial charge in [0.2, 0.25) is 15.9 Å². The minimum Gasteiger partial charge on any atom is -0.497 e. The van der Waals surface area contributed by atoms with E-state index in [1.165, 1.54) is 19.2 Å². The predicted octanol–water partition coefficient (Wildman–Crippen LogP) is 1.18. The number of amides is 1. The van der Waals surface area contributed by atoms with Crippen molar-refractivity contribution in [2.24, 2.45) is 0 Å². The van der Waals surface area contributed by atoms with Crippen LogP contribution in [0, 0.1) is 0 Å². The minimum absolute atomic E-state index is 0.0690. The molecular formula is C23H29N3O6S. The highest BCUT2D eigenvalue weighted by molar-refractivity contribution is 7.89. The summed E-state index contributed by atoms with van der Waals surface area (Å²) in [6.45, 7) is 2.13. The second kappa shape index (κ2) is 9.58. The van der Waals surface area contributed by atoms with Crippen LogP contribution in [0.1, 0.15) is 6.42 Å². The van der Waals surface area contributed by atoms with Gasteiger partial charge in [0.25, 0.3) is 0 Å². The first-order valence-corrected chi connectivity index (χ1v) is 12.3. The number of hydrogen-bond acceptors (Lipinski definition) is 7. The number of aliphatic hydroxyl groups excluding tert-OH is 1. The fourth-order valence-electron chi connectivity index (χ4n) is 4.35. The van der Waals surface area contributed by atoms with E-state index in [-0.39, 0.29) is 23.8 Å². The van der Waals surface area contributed by atoms with Gasteiger partial charge in [-0.2, -0.15) is 4.31 Å².